The first kappa shape index (κ1) is 12.9. The van der Waals surface area contributed by atoms with E-state index in [0.717, 1.165) is 12.1 Å². The molecule has 0 amide bonds. The van der Waals surface area contributed by atoms with Crippen LogP contribution in [0.25, 0.3) is 0 Å². The second-order valence-electron chi connectivity index (χ2n) is 3.63. The molecule has 0 aliphatic heterocycles. The number of benzene rings is 1. The summed E-state index contributed by atoms with van der Waals surface area (Å²) in [6, 6.07) is 4.30. The molecule has 94 valence electrons. The molecule has 0 fully saturated rings. The Balaban J connectivity index is 2.56. The molecule has 2 aromatic rings. The number of hydrogen-bond donors (Lipinski definition) is 2. The van der Waals surface area contributed by atoms with Gasteiger partial charge in [-0.15, -0.1) is 0 Å². The molecule has 0 saturated heterocycles. The van der Waals surface area contributed by atoms with Crippen molar-refractivity contribution in [1.82, 2.24) is 10.4 Å². The first-order chi connectivity index (χ1) is 8.65. The monoisotopic (exact) mass is 269 g/mol. The van der Waals surface area contributed by atoms with Crippen molar-refractivity contribution >= 4 is 11.6 Å². The number of hydrazine groups is 1. The predicted octanol–water partition coefficient (Wildman–Crippen LogP) is 2.57. The molecule has 1 heterocycles. The summed E-state index contributed by atoms with van der Waals surface area (Å²) in [6.45, 7) is 0. The van der Waals surface area contributed by atoms with Crippen molar-refractivity contribution in [1.29, 1.82) is 0 Å². The maximum atomic E-state index is 13.7. The summed E-state index contributed by atoms with van der Waals surface area (Å²) in [5, 5.41) is 0.281. The molecule has 0 radical (unpaired) electrons. The summed E-state index contributed by atoms with van der Waals surface area (Å²) in [5.41, 5.74) is 2.65. The Morgan fingerprint density at radius 3 is 2.44 bits per heavy atom. The zero-order chi connectivity index (χ0) is 13.1. The fourth-order valence-electron chi connectivity index (χ4n) is 1.74. The number of pyridine rings is 1. The van der Waals surface area contributed by atoms with Crippen LogP contribution in [0.4, 0.5) is 8.78 Å². The van der Waals surface area contributed by atoms with Gasteiger partial charge in [0.25, 0.3) is 0 Å². The predicted molar refractivity (Wildman–Crippen MR) is 64.8 cm³/mol. The van der Waals surface area contributed by atoms with Crippen molar-refractivity contribution in [3.63, 3.8) is 0 Å². The van der Waals surface area contributed by atoms with Crippen LogP contribution in [0.2, 0.25) is 5.02 Å². The zero-order valence-electron chi connectivity index (χ0n) is 9.20. The average Bonchev–Trinajstić information content (AvgIpc) is 2.35. The Morgan fingerprint density at radius 1 is 1.22 bits per heavy atom. The molecule has 1 unspecified atom stereocenters. The molecule has 1 aromatic carbocycles. The van der Waals surface area contributed by atoms with E-state index in [2.05, 4.69) is 10.4 Å². The molecule has 0 aliphatic rings. The van der Waals surface area contributed by atoms with Crippen LogP contribution < -0.4 is 11.3 Å². The van der Waals surface area contributed by atoms with E-state index in [1.165, 1.54) is 18.5 Å². The van der Waals surface area contributed by atoms with E-state index in [-0.39, 0.29) is 10.6 Å². The Bertz CT molecular complexity index is 543. The first-order valence-electron chi connectivity index (χ1n) is 5.14. The molecule has 3 N–H and O–H groups in total. The van der Waals surface area contributed by atoms with Crippen LogP contribution in [0.1, 0.15) is 17.2 Å². The third-order valence-electron chi connectivity index (χ3n) is 2.57. The van der Waals surface area contributed by atoms with Crippen molar-refractivity contribution in [2.45, 2.75) is 6.04 Å². The third-order valence-corrected chi connectivity index (χ3v) is 2.89. The van der Waals surface area contributed by atoms with Crippen molar-refractivity contribution < 1.29 is 8.78 Å². The van der Waals surface area contributed by atoms with Gasteiger partial charge in [-0.05, 0) is 23.8 Å². The number of rotatable bonds is 3. The van der Waals surface area contributed by atoms with Crippen molar-refractivity contribution in [3.05, 3.63) is 64.4 Å². The lowest BCUT2D eigenvalue weighted by Gasteiger charge is -2.19. The van der Waals surface area contributed by atoms with Gasteiger partial charge in [0.1, 0.15) is 11.6 Å². The standard InChI is InChI=1S/C12H10ClF2N3/c13-8-6-17-5-4-7(8)12(18-16)11-9(14)2-1-3-10(11)15/h1-6,12,18H,16H2. The first-order valence-corrected chi connectivity index (χ1v) is 5.52. The van der Waals surface area contributed by atoms with Gasteiger partial charge in [0.05, 0.1) is 11.1 Å². The quantitative estimate of drug-likeness (QED) is 0.665. The van der Waals surface area contributed by atoms with Crippen LogP contribution in [-0.2, 0) is 0 Å². The topological polar surface area (TPSA) is 50.9 Å². The van der Waals surface area contributed by atoms with E-state index in [4.69, 9.17) is 17.4 Å². The zero-order valence-corrected chi connectivity index (χ0v) is 9.96. The number of halogens is 3. The molecule has 3 nitrogen and oxygen atoms in total. The second kappa shape index (κ2) is 5.39. The Kier molecular flexibility index (Phi) is 3.86. The lowest BCUT2D eigenvalue weighted by Crippen LogP contribution is -2.30. The number of hydrogen-bond acceptors (Lipinski definition) is 3. The van der Waals surface area contributed by atoms with E-state index in [9.17, 15) is 8.78 Å². The van der Waals surface area contributed by atoms with Crippen LogP contribution in [0.3, 0.4) is 0 Å². The Morgan fingerprint density at radius 2 is 1.89 bits per heavy atom. The fraction of sp³-hybridized carbons (Fsp3) is 0.0833. The summed E-state index contributed by atoms with van der Waals surface area (Å²) < 4.78 is 27.4. The second-order valence-corrected chi connectivity index (χ2v) is 4.04. The molecule has 2 rings (SSSR count). The van der Waals surface area contributed by atoms with Gasteiger partial charge in [0.2, 0.25) is 0 Å². The number of nitrogens with two attached hydrogens (primary N) is 1. The van der Waals surface area contributed by atoms with Crippen LogP contribution in [0.5, 0.6) is 0 Å². The molecule has 1 aromatic heterocycles. The fourth-order valence-corrected chi connectivity index (χ4v) is 1.96. The van der Waals surface area contributed by atoms with Gasteiger partial charge >= 0.3 is 0 Å². The summed E-state index contributed by atoms with van der Waals surface area (Å²) in [7, 11) is 0. The van der Waals surface area contributed by atoms with E-state index in [0.29, 0.717) is 5.56 Å². The molecular formula is C12H10ClF2N3. The minimum atomic E-state index is -0.873. The smallest absolute Gasteiger partial charge is 0.131 e. The maximum Gasteiger partial charge on any atom is 0.131 e. The third kappa shape index (κ3) is 2.33. The Hall–Kier alpha value is -1.56. The lowest BCUT2D eigenvalue weighted by molar-refractivity contribution is 0.510. The number of nitrogens with one attached hydrogen (secondary N) is 1. The van der Waals surface area contributed by atoms with Crippen LogP contribution in [0, 0.1) is 11.6 Å². The van der Waals surface area contributed by atoms with Crippen LogP contribution in [0.15, 0.2) is 36.7 Å². The van der Waals surface area contributed by atoms with Gasteiger partial charge in [-0.3, -0.25) is 10.8 Å². The molecule has 0 bridgehead atoms. The largest absolute Gasteiger partial charge is 0.271 e. The van der Waals surface area contributed by atoms with Crippen molar-refractivity contribution in [2.24, 2.45) is 5.84 Å². The van der Waals surface area contributed by atoms with Crippen molar-refractivity contribution in [2.75, 3.05) is 0 Å². The van der Waals surface area contributed by atoms with Gasteiger partial charge in [-0.1, -0.05) is 17.7 Å². The summed E-state index contributed by atoms with van der Waals surface area (Å²) >= 11 is 5.95. The molecule has 1 atom stereocenters. The summed E-state index contributed by atoms with van der Waals surface area (Å²) in [4.78, 5) is 3.81. The molecule has 0 aliphatic carbocycles. The SMILES string of the molecule is NNC(c1ccncc1Cl)c1c(F)cccc1F. The van der Waals surface area contributed by atoms with Crippen LogP contribution in [-0.4, -0.2) is 4.98 Å². The van der Waals surface area contributed by atoms with Gasteiger partial charge in [0, 0.05) is 18.0 Å². The van der Waals surface area contributed by atoms with E-state index in [1.807, 2.05) is 0 Å². The van der Waals surface area contributed by atoms with Gasteiger partial charge in [-0.2, -0.15) is 0 Å². The highest BCUT2D eigenvalue weighted by Gasteiger charge is 2.22. The molecule has 0 saturated carbocycles. The number of nitrogens with zero attached hydrogens (tertiary/aromatic N) is 1. The lowest BCUT2D eigenvalue weighted by atomic mass is 9.99. The van der Waals surface area contributed by atoms with Crippen molar-refractivity contribution in [3.8, 4) is 0 Å². The highest BCUT2D eigenvalue weighted by molar-refractivity contribution is 6.31. The Labute approximate surface area is 108 Å². The molecular weight excluding hydrogens is 260 g/mol. The van der Waals surface area contributed by atoms with Gasteiger partial charge in [0.15, 0.2) is 0 Å². The normalized spacial score (nSPS) is 12.4. The summed E-state index contributed by atoms with van der Waals surface area (Å²) in [5.74, 6) is 4.00. The van der Waals surface area contributed by atoms with E-state index < -0.39 is 17.7 Å². The summed E-state index contributed by atoms with van der Waals surface area (Å²) in [6.07, 6.45) is 2.87. The number of aromatic nitrogens is 1. The highest BCUT2D eigenvalue weighted by atomic mass is 35.5. The maximum absolute atomic E-state index is 13.7. The van der Waals surface area contributed by atoms with Gasteiger partial charge in [-0.25, -0.2) is 14.2 Å². The molecule has 18 heavy (non-hydrogen) atoms. The highest BCUT2D eigenvalue weighted by Crippen LogP contribution is 2.30. The minimum absolute atomic E-state index is 0.173. The van der Waals surface area contributed by atoms with E-state index >= 15 is 0 Å². The van der Waals surface area contributed by atoms with Crippen LogP contribution >= 0.6 is 11.6 Å². The molecule has 0 spiro atoms. The molecule has 6 heteroatoms. The minimum Gasteiger partial charge on any atom is -0.271 e. The van der Waals surface area contributed by atoms with E-state index in [1.54, 1.807) is 6.07 Å². The average molecular weight is 270 g/mol. The van der Waals surface area contributed by atoms with Gasteiger partial charge < -0.3 is 0 Å².